The first-order valence-corrected chi connectivity index (χ1v) is 6.15. The quantitative estimate of drug-likeness (QED) is 0.701. The maximum absolute atomic E-state index is 12.1. The standard InChI is InChI=1S/C13H19N3O2/c1-8(12-3-2-6-18-12)16-13(17)10-5-4-9(14)7-11(10)15/h4-5,7-8,12H,2-3,6,14-15H2,1H3,(H,16,17). The summed E-state index contributed by atoms with van der Waals surface area (Å²) in [6.07, 6.45) is 2.14. The molecule has 1 fully saturated rings. The summed E-state index contributed by atoms with van der Waals surface area (Å²) in [4.78, 5) is 12.1. The summed E-state index contributed by atoms with van der Waals surface area (Å²) in [6.45, 7) is 2.72. The molecular weight excluding hydrogens is 230 g/mol. The molecule has 2 unspecified atom stereocenters. The van der Waals surface area contributed by atoms with Gasteiger partial charge in [0, 0.05) is 18.0 Å². The van der Waals surface area contributed by atoms with Crippen LogP contribution in [0, 0.1) is 0 Å². The van der Waals surface area contributed by atoms with Gasteiger partial charge in [-0.25, -0.2) is 0 Å². The predicted molar refractivity (Wildman–Crippen MR) is 71.2 cm³/mol. The zero-order valence-electron chi connectivity index (χ0n) is 10.5. The van der Waals surface area contributed by atoms with E-state index >= 15 is 0 Å². The molecule has 1 saturated heterocycles. The molecule has 1 aliphatic heterocycles. The third-order valence-electron chi connectivity index (χ3n) is 3.20. The number of anilines is 2. The molecule has 1 heterocycles. The van der Waals surface area contributed by atoms with Crippen LogP contribution in [0.3, 0.4) is 0 Å². The average molecular weight is 249 g/mol. The minimum absolute atomic E-state index is 0.0167. The first-order valence-electron chi connectivity index (χ1n) is 6.15. The van der Waals surface area contributed by atoms with Crippen molar-refractivity contribution < 1.29 is 9.53 Å². The predicted octanol–water partition coefficient (Wildman–Crippen LogP) is 1.15. The molecule has 0 radical (unpaired) electrons. The number of nitrogen functional groups attached to an aromatic ring is 2. The first-order chi connectivity index (χ1) is 8.58. The van der Waals surface area contributed by atoms with Gasteiger partial charge in [0.2, 0.25) is 0 Å². The van der Waals surface area contributed by atoms with Gasteiger partial charge in [-0.15, -0.1) is 0 Å². The van der Waals surface area contributed by atoms with E-state index < -0.39 is 0 Å². The Morgan fingerprint density at radius 2 is 2.28 bits per heavy atom. The molecule has 98 valence electrons. The van der Waals surface area contributed by atoms with Gasteiger partial charge in [-0.3, -0.25) is 4.79 Å². The van der Waals surface area contributed by atoms with E-state index in [0.29, 0.717) is 16.9 Å². The maximum Gasteiger partial charge on any atom is 0.253 e. The SMILES string of the molecule is CC(NC(=O)c1ccc(N)cc1N)C1CCCO1. The molecule has 0 spiro atoms. The van der Waals surface area contributed by atoms with Gasteiger partial charge >= 0.3 is 0 Å². The molecule has 5 nitrogen and oxygen atoms in total. The van der Waals surface area contributed by atoms with Gasteiger partial charge in [-0.2, -0.15) is 0 Å². The van der Waals surface area contributed by atoms with Crippen LogP contribution in [0.4, 0.5) is 11.4 Å². The Morgan fingerprint density at radius 1 is 1.50 bits per heavy atom. The number of benzene rings is 1. The summed E-state index contributed by atoms with van der Waals surface area (Å²) >= 11 is 0. The van der Waals surface area contributed by atoms with Crippen LogP contribution in [0.2, 0.25) is 0 Å². The molecule has 0 saturated carbocycles. The molecule has 2 atom stereocenters. The first kappa shape index (κ1) is 12.7. The fourth-order valence-electron chi connectivity index (χ4n) is 2.16. The zero-order chi connectivity index (χ0) is 13.1. The number of hydrogen-bond acceptors (Lipinski definition) is 4. The molecular formula is C13H19N3O2. The zero-order valence-corrected chi connectivity index (χ0v) is 10.5. The van der Waals surface area contributed by atoms with E-state index in [1.807, 2.05) is 6.92 Å². The smallest absolute Gasteiger partial charge is 0.253 e. The Morgan fingerprint density at radius 3 is 2.89 bits per heavy atom. The molecule has 0 bridgehead atoms. The third-order valence-corrected chi connectivity index (χ3v) is 3.20. The highest BCUT2D eigenvalue weighted by atomic mass is 16.5. The molecule has 1 amide bonds. The van der Waals surface area contributed by atoms with Crippen LogP contribution in [0.1, 0.15) is 30.1 Å². The van der Waals surface area contributed by atoms with Crippen LogP contribution in [-0.2, 0) is 4.74 Å². The molecule has 1 aromatic carbocycles. The number of nitrogens with two attached hydrogens (primary N) is 2. The van der Waals surface area contributed by atoms with Crippen molar-refractivity contribution in [2.45, 2.75) is 31.9 Å². The summed E-state index contributed by atoms with van der Waals surface area (Å²) in [5.74, 6) is -0.185. The molecule has 1 aromatic rings. The summed E-state index contributed by atoms with van der Waals surface area (Å²) in [5, 5.41) is 2.91. The number of amides is 1. The van der Waals surface area contributed by atoms with E-state index in [4.69, 9.17) is 16.2 Å². The minimum Gasteiger partial charge on any atom is -0.399 e. The Balaban J connectivity index is 2.02. The lowest BCUT2D eigenvalue weighted by Crippen LogP contribution is -2.41. The summed E-state index contributed by atoms with van der Waals surface area (Å²) in [5.41, 5.74) is 12.8. The fraction of sp³-hybridized carbons (Fsp3) is 0.462. The number of nitrogens with one attached hydrogen (secondary N) is 1. The Kier molecular flexibility index (Phi) is 3.72. The van der Waals surface area contributed by atoms with Crippen molar-refractivity contribution >= 4 is 17.3 Å². The average Bonchev–Trinajstić information content (AvgIpc) is 2.81. The molecule has 1 aliphatic rings. The van der Waals surface area contributed by atoms with Crippen molar-refractivity contribution in [2.75, 3.05) is 18.1 Å². The van der Waals surface area contributed by atoms with Gasteiger partial charge in [0.15, 0.2) is 0 Å². The number of carbonyl (C=O) groups is 1. The van der Waals surface area contributed by atoms with Gasteiger partial charge < -0.3 is 21.5 Å². The summed E-state index contributed by atoms with van der Waals surface area (Å²) in [6, 6.07) is 4.88. The van der Waals surface area contributed by atoms with Crippen LogP contribution in [0.5, 0.6) is 0 Å². The van der Waals surface area contributed by atoms with Crippen LogP contribution in [0.15, 0.2) is 18.2 Å². The lowest BCUT2D eigenvalue weighted by molar-refractivity contribution is 0.0713. The second kappa shape index (κ2) is 5.27. The van der Waals surface area contributed by atoms with Gasteiger partial charge in [-0.1, -0.05) is 0 Å². The third kappa shape index (κ3) is 2.73. The van der Waals surface area contributed by atoms with E-state index in [1.165, 1.54) is 0 Å². The monoisotopic (exact) mass is 249 g/mol. The molecule has 0 aliphatic carbocycles. The number of hydrogen-bond donors (Lipinski definition) is 3. The lowest BCUT2D eigenvalue weighted by Gasteiger charge is -2.20. The number of carbonyl (C=O) groups excluding carboxylic acids is 1. The van der Waals surface area contributed by atoms with Crippen molar-refractivity contribution in [3.8, 4) is 0 Å². The highest BCUT2D eigenvalue weighted by molar-refractivity contribution is 5.99. The van der Waals surface area contributed by atoms with Crippen molar-refractivity contribution in [1.82, 2.24) is 5.32 Å². The Bertz CT molecular complexity index is 442. The van der Waals surface area contributed by atoms with Crippen molar-refractivity contribution in [2.24, 2.45) is 0 Å². The second-order valence-electron chi connectivity index (χ2n) is 4.66. The van der Waals surface area contributed by atoms with Gasteiger partial charge in [0.1, 0.15) is 0 Å². The van der Waals surface area contributed by atoms with Crippen LogP contribution >= 0.6 is 0 Å². The van der Waals surface area contributed by atoms with Crippen molar-refractivity contribution in [3.05, 3.63) is 23.8 Å². The molecule has 2 rings (SSSR count). The highest BCUT2D eigenvalue weighted by Gasteiger charge is 2.24. The van der Waals surface area contributed by atoms with Gasteiger partial charge in [0.25, 0.3) is 5.91 Å². The summed E-state index contributed by atoms with van der Waals surface area (Å²) in [7, 11) is 0. The van der Waals surface area contributed by atoms with E-state index in [2.05, 4.69) is 5.32 Å². The second-order valence-corrected chi connectivity index (χ2v) is 4.66. The number of rotatable bonds is 3. The van der Waals surface area contributed by atoms with Crippen LogP contribution < -0.4 is 16.8 Å². The molecule has 18 heavy (non-hydrogen) atoms. The van der Waals surface area contributed by atoms with Gasteiger partial charge in [-0.05, 0) is 38.0 Å². The normalized spacial score (nSPS) is 20.6. The van der Waals surface area contributed by atoms with Crippen molar-refractivity contribution in [3.63, 3.8) is 0 Å². The minimum atomic E-state index is -0.185. The van der Waals surface area contributed by atoms with E-state index in [-0.39, 0.29) is 18.1 Å². The Labute approximate surface area is 106 Å². The molecule has 5 N–H and O–H groups in total. The molecule has 0 aromatic heterocycles. The van der Waals surface area contributed by atoms with Crippen LogP contribution in [0.25, 0.3) is 0 Å². The largest absolute Gasteiger partial charge is 0.399 e. The topological polar surface area (TPSA) is 90.4 Å². The number of ether oxygens (including phenoxy) is 1. The van der Waals surface area contributed by atoms with Crippen LogP contribution in [-0.4, -0.2) is 24.7 Å². The van der Waals surface area contributed by atoms with Gasteiger partial charge in [0.05, 0.1) is 17.7 Å². The fourth-order valence-corrected chi connectivity index (χ4v) is 2.16. The van der Waals surface area contributed by atoms with E-state index in [0.717, 1.165) is 19.4 Å². The van der Waals surface area contributed by atoms with E-state index in [9.17, 15) is 4.79 Å². The summed E-state index contributed by atoms with van der Waals surface area (Å²) < 4.78 is 5.53. The molecule has 5 heteroatoms. The maximum atomic E-state index is 12.1. The van der Waals surface area contributed by atoms with E-state index in [1.54, 1.807) is 18.2 Å². The highest BCUT2D eigenvalue weighted by Crippen LogP contribution is 2.18. The Hall–Kier alpha value is -1.75. The van der Waals surface area contributed by atoms with Crippen molar-refractivity contribution in [1.29, 1.82) is 0 Å². The lowest BCUT2D eigenvalue weighted by atomic mass is 10.1.